The van der Waals surface area contributed by atoms with Crippen molar-refractivity contribution in [3.05, 3.63) is 58.7 Å². The van der Waals surface area contributed by atoms with E-state index in [2.05, 4.69) is 36.1 Å². The van der Waals surface area contributed by atoms with Crippen LogP contribution in [-0.4, -0.2) is 141 Å². The molecule has 8 N–H and O–H groups in total. The molecule has 3 aromatic rings. The van der Waals surface area contributed by atoms with Gasteiger partial charge in [0.05, 0.1) is 67.2 Å². The Morgan fingerprint density at radius 1 is 0.941 bits per heavy atom. The highest BCUT2D eigenvalue weighted by Crippen LogP contribution is 2.43. The summed E-state index contributed by atoms with van der Waals surface area (Å²) in [6, 6.07) is 9.14. The van der Waals surface area contributed by atoms with Gasteiger partial charge in [0.2, 0.25) is 23.6 Å². The number of hydrogen-bond acceptors (Lipinski definition) is 17. The van der Waals surface area contributed by atoms with Crippen molar-refractivity contribution in [3.63, 3.8) is 0 Å². The molecule has 4 aliphatic heterocycles. The van der Waals surface area contributed by atoms with Gasteiger partial charge < -0.3 is 51.3 Å². The molecule has 5 heterocycles. The van der Waals surface area contributed by atoms with Gasteiger partial charge in [0.25, 0.3) is 11.8 Å². The number of nitrogens with zero attached hydrogens (tertiary/aromatic N) is 4. The van der Waals surface area contributed by atoms with Gasteiger partial charge in [0.1, 0.15) is 16.9 Å². The topological polar surface area (TPSA) is 272 Å². The first-order valence-electron chi connectivity index (χ1n) is 22.9. The lowest BCUT2D eigenvalue weighted by Gasteiger charge is -2.41. The standard InChI is InChI=1S/C46H59ClN10O10S/c1-28-40(48)46(27-67-28)13-17-56(18-14-46)35-26-52-43(41(49)54-35)68-34-6-2-5-32(39(34)47)53-37(59)12-11-36(58)51-16-4-20-65-22-24-66-23-21-64-19-3-15-50-29-7-8-30-31(25-29)45(63)57(44(30)62)33-9-10-38(60)55-42(33)61/h2,5-8,25-26,28,33,40,50H,3-4,9-24,27,48H2,1H3,(H2,49,54)(H,51,58)(H,53,59)(H,55,60,61)/t28-,33?,40+/m0/s1. The van der Waals surface area contributed by atoms with Crippen molar-refractivity contribution >= 4 is 81.8 Å². The summed E-state index contributed by atoms with van der Waals surface area (Å²) >= 11 is 7.95. The number of nitrogen functional groups attached to an aromatic ring is 1. The molecular formula is C46H59ClN10O10S. The van der Waals surface area contributed by atoms with Gasteiger partial charge in [-0.2, -0.15) is 0 Å². The number of hydrogen-bond donors (Lipinski definition) is 6. The van der Waals surface area contributed by atoms with Crippen LogP contribution in [0, 0.1) is 5.41 Å². The van der Waals surface area contributed by atoms with E-state index in [9.17, 15) is 28.8 Å². The van der Waals surface area contributed by atoms with Gasteiger partial charge in [-0.3, -0.25) is 39.0 Å². The second kappa shape index (κ2) is 23.7. The van der Waals surface area contributed by atoms with Crippen molar-refractivity contribution in [3.8, 4) is 0 Å². The smallest absolute Gasteiger partial charge is 0.262 e. The van der Waals surface area contributed by atoms with E-state index < -0.39 is 29.7 Å². The number of nitrogens with one attached hydrogen (secondary N) is 4. The molecule has 3 saturated heterocycles. The normalized spacial score (nSPS) is 19.9. The molecule has 7 rings (SSSR count). The van der Waals surface area contributed by atoms with E-state index in [1.807, 2.05) is 6.92 Å². The molecule has 1 unspecified atom stereocenters. The maximum Gasteiger partial charge on any atom is 0.262 e. The van der Waals surface area contributed by atoms with Crippen LogP contribution >= 0.6 is 23.4 Å². The van der Waals surface area contributed by atoms with Crippen molar-refractivity contribution in [2.75, 3.05) is 93.7 Å². The molecule has 22 heteroatoms. The number of anilines is 4. The highest BCUT2D eigenvalue weighted by molar-refractivity contribution is 7.99. The zero-order valence-electron chi connectivity index (χ0n) is 38.0. The predicted octanol–water partition coefficient (Wildman–Crippen LogP) is 3.37. The molecule has 3 fully saturated rings. The number of piperidine rings is 2. The van der Waals surface area contributed by atoms with E-state index in [1.165, 1.54) is 11.8 Å². The fourth-order valence-corrected chi connectivity index (χ4v) is 9.62. The molecule has 0 aliphatic carbocycles. The lowest BCUT2D eigenvalue weighted by atomic mass is 9.73. The van der Waals surface area contributed by atoms with Gasteiger partial charge >= 0.3 is 0 Å². The number of ether oxygens (including phenoxy) is 4. The van der Waals surface area contributed by atoms with Crippen LogP contribution in [0.15, 0.2) is 52.5 Å². The molecule has 6 amide bonds. The average molecular weight is 980 g/mol. The van der Waals surface area contributed by atoms with Gasteiger partial charge in [-0.05, 0) is 69.4 Å². The summed E-state index contributed by atoms with van der Waals surface area (Å²) in [6.45, 7) is 7.74. The minimum absolute atomic E-state index is 0.00342. The van der Waals surface area contributed by atoms with Crippen LogP contribution in [-0.2, 0) is 38.1 Å². The van der Waals surface area contributed by atoms with E-state index in [0.29, 0.717) is 104 Å². The quantitative estimate of drug-likeness (QED) is 0.0587. The van der Waals surface area contributed by atoms with Crippen LogP contribution < -0.4 is 37.6 Å². The van der Waals surface area contributed by atoms with Crippen LogP contribution in [0.4, 0.5) is 23.0 Å². The number of imide groups is 2. The minimum atomic E-state index is -1.00. The number of carbonyl (C=O) groups excluding carboxylic acids is 6. The first kappa shape index (κ1) is 50.5. The van der Waals surface area contributed by atoms with Crippen molar-refractivity contribution in [1.29, 1.82) is 0 Å². The Labute approximate surface area is 403 Å². The number of fused-ring (bicyclic) bond motifs is 1. The molecular weight excluding hydrogens is 920 g/mol. The van der Waals surface area contributed by atoms with Crippen LogP contribution in [0.1, 0.15) is 79.0 Å². The van der Waals surface area contributed by atoms with Crippen LogP contribution in [0.25, 0.3) is 0 Å². The molecule has 68 heavy (non-hydrogen) atoms. The lowest BCUT2D eigenvalue weighted by Crippen LogP contribution is -2.54. The number of benzene rings is 2. The Hall–Kier alpha value is -5.42. The molecule has 0 radical (unpaired) electrons. The summed E-state index contributed by atoms with van der Waals surface area (Å²) in [5.41, 5.74) is 14.3. The van der Waals surface area contributed by atoms with Gasteiger partial charge in [-0.25, -0.2) is 9.97 Å². The summed E-state index contributed by atoms with van der Waals surface area (Å²) in [4.78, 5) is 87.8. The summed E-state index contributed by atoms with van der Waals surface area (Å²) in [5, 5.41) is 11.8. The fourth-order valence-electron chi connectivity index (χ4n) is 8.52. The molecule has 20 nitrogen and oxygen atoms in total. The molecule has 4 aliphatic rings. The first-order valence-corrected chi connectivity index (χ1v) is 24.1. The van der Waals surface area contributed by atoms with Gasteiger partial charge in [-0.15, -0.1) is 0 Å². The van der Waals surface area contributed by atoms with E-state index in [0.717, 1.165) is 30.8 Å². The van der Waals surface area contributed by atoms with Crippen molar-refractivity contribution in [2.24, 2.45) is 11.1 Å². The fraction of sp³-hybridized carbons (Fsp3) is 0.522. The minimum Gasteiger partial charge on any atom is -0.385 e. The Morgan fingerprint density at radius 3 is 2.32 bits per heavy atom. The monoisotopic (exact) mass is 978 g/mol. The first-order chi connectivity index (χ1) is 32.8. The zero-order valence-corrected chi connectivity index (χ0v) is 39.6. The second-order valence-corrected chi connectivity index (χ2v) is 18.5. The SMILES string of the molecule is C[C@@H]1OCC2(CCN(c3cnc(Sc4cccc(NC(=O)CCC(=O)NCCCOCCOCCOCCCNc5ccc6c(c5)C(=O)N(C5CCC(=O)NC5=O)C6=O)c4Cl)c(N)n3)CC2)[C@@H]1N. The maximum atomic E-state index is 13.0. The average Bonchev–Trinajstić information content (AvgIpc) is 3.74. The van der Waals surface area contributed by atoms with Crippen molar-refractivity contribution < 1.29 is 47.7 Å². The Kier molecular flexibility index (Phi) is 17.6. The van der Waals surface area contributed by atoms with Crippen LogP contribution in [0.2, 0.25) is 5.02 Å². The highest BCUT2D eigenvalue weighted by atomic mass is 35.5. The summed E-state index contributed by atoms with van der Waals surface area (Å²) in [7, 11) is 0. The van der Waals surface area contributed by atoms with Crippen molar-refractivity contribution in [2.45, 2.75) is 86.4 Å². The summed E-state index contributed by atoms with van der Waals surface area (Å²) < 4.78 is 22.6. The van der Waals surface area contributed by atoms with E-state index in [-0.39, 0.29) is 72.0 Å². The molecule has 0 saturated carbocycles. The largest absolute Gasteiger partial charge is 0.385 e. The number of aromatic nitrogens is 2. The van der Waals surface area contributed by atoms with Crippen LogP contribution in [0.3, 0.4) is 0 Å². The van der Waals surface area contributed by atoms with E-state index in [4.69, 9.17) is 42.0 Å². The maximum absolute atomic E-state index is 13.0. The number of rotatable bonds is 23. The highest BCUT2D eigenvalue weighted by Gasteiger charge is 2.48. The molecule has 366 valence electrons. The third-order valence-corrected chi connectivity index (χ3v) is 14.1. The predicted molar refractivity (Wildman–Crippen MR) is 253 cm³/mol. The van der Waals surface area contributed by atoms with Crippen LogP contribution in [0.5, 0.6) is 0 Å². The second-order valence-electron chi connectivity index (χ2n) is 17.1. The summed E-state index contributed by atoms with van der Waals surface area (Å²) in [5.74, 6) is -1.78. The lowest BCUT2D eigenvalue weighted by molar-refractivity contribution is -0.136. The Balaban J connectivity index is 0.683. The zero-order chi connectivity index (χ0) is 48.2. The Morgan fingerprint density at radius 2 is 1.63 bits per heavy atom. The van der Waals surface area contributed by atoms with Crippen molar-refractivity contribution in [1.82, 2.24) is 25.5 Å². The van der Waals surface area contributed by atoms with Gasteiger partial charge in [0.15, 0.2) is 5.82 Å². The van der Waals surface area contributed by atoms with Gasteiger partial charge in [-0.1, -0.05) is 29.4 Å². The molecule has 1 aromatic heterocycles. The number of carbonyl (C=O) groups is 6. The van der Waals surface area contributed by atoms with E-state index in [1.54, 1.807) is 42.6 Å². The Bertz CT molecular complexity index is 2340. The van der Waals surface area contributed by atoms with E-state index >= 15 is 0 Å². The molecule has 1 spiro atoms. The third-order valence-electron chi connectivity index (χ3n) is 12.5. The number of halogens is 1. The summed E-state index contributed by atoms with van der Waals surface area (Å²) in [6.07, 6.45) is 5.02. The number of amides is 6. The molecule has 3 atom stereocenters. The molecule has 0 bridgehead atoms. The number of nitrogens with two attached hydrogens (primary N) is 2. The van der Waals surface area contributed by atoms with Gasteiger partial charge in [0, 0.05) is 80.7 Å². The third kappa shape index (κ3) is 12.6. The molecule has 2 aromatic carbocycles.